The summed E-state index contributed by atoms with van der Waals surface area (Å²) in [4.78, 5) is 1.09. The van der Waals surface area contributed by atoms with Crippen LogP contribution in [-0.2, 0) is 0 Å². The highest BCUT2D eigenvalue weighted by Gasteiger charge is 2.31. The number of rotatable bonds is 5. The molecule has 3 N–H and O–H groups in total. The third-order valence-corrected chi connectivity index (χ3v) is 3.06. The highest BCUT2D eigenvalue weighted by Crippen LogP contribution is 2.31. The molecule has 0 heterocycles. The van der Waals surface area contributed by atoms with Gasteiger partial charge in [-0.15, -0.1) is 0 Å². The van der Waals surface area contributed by atoms with Crippen molar-refractivity contribution in [3.05, 3.63) is 28.2 Å². The maximum absolute atomic E-state index is 12.6. The topological polar surface area (TPSA) is 49.5 Å². The lowest BCUT2D eigenvalue weighted by atomic mass is 10.1. The normalized spacial score (nSPS) is 13.4. The van der Waals surface area contributed by atoms with E-state index in [9.17, 15) is 13.2 Å². The molecule has 0 fully saturated rings. The molecule has 1 rings (SSSR count). The molecule has 0 bridgehead atoms. The molecule has 0 aromatic heterocycles. The van der Waals surface area contributed by atoms with Gasteiger partial charge in [-0.1, -0.05) is 22.0 Å². The highest BCUT2D eigenvalue weighted by atomic mass is 79.9. The summed E-state index contributed by atoms with van der Waals surface area (Å²) in [5.41, 5.74) is 6.77. The fourth-order valence-electron chi connectivity index (χ4n) is 1.80. The zero-order valence-corrected chi connectivity index (χ0v) is 12.0. The van der Waals surface area contributed by atoms with Gasteiger partial charge in [-0.25, -0.2) is 0 Å². The summed E-state index contributed by atoms with van der Waals surface area (Å²) in [5.74, 6) is 0. The van der Waals surface area contributed by atoms with Gasteiger partial charge in [-0.2, -0.15) is 13.2 Å². The van der Waals surface area contributed by atoms with Crippen LogP contribution in [0, 0.1) is 0 Å². The van der Waals surface area contributed by atoms with Crippen molar-refractivity contribution in [3.8, 4) is 0 Å². The number of hydrogen-bond acceptors (Lipinski definition) is 3. The van der Waals surface area contributed by atoms with Crippen molar-refractivity contribution in [1.29, 1.82) is 0 Å². The lowest BCUT2D eigenvalue weighted by molar-refractivity contribution is -0.119. The summed E-state index contributed by atoms with van der Waals surface area (Å²) in [7, 11) is 0. The van der Waals surface area contributed by atoms with E-state index >= 15 is 0 Å². The maximum atomic E-state index is 12.6. The van der Waals surface area contributed by atoms with Crippen molar-refractivity contribution in [1.82, 2.24) is 0 Å². The molecule has 0 amide bonds. The number of hydrogen-bond donors (Lipinski definition) is 2. The smallest absolute Gasteiger partial charge is 0.395 e. The number of nitrogens with two attached hydrogens (primary N) is 1. The number of nitrogens with zero attached hydrogens (tertiary/aromatic N) is 1. The van der Waals surface area contributed by atoms with Crippen LogP contribution >= 0.6 is 15.9 Å². The minimum Gasteiger partial charge on any atom is -0.395 e. The summed E-state index contributed by atoms with van der Waals surface area (Å²) in [6.07, 6.45) is -4.34. The Bertz CT molecular complexity index is 424. The summed E-state index contributed by atoms with van der Waals surface area (Å²) in [6.45, 7) is 0.123. The minimum absolute atomic E-state index is 0.102. The number of halogens is 4. The molecule has 0 spiro atoms. The lowest BCUT2D eigenvalue weighted by Gasteiger charge is -2.28. The first-order valence-corrected chi connectivity index (χ1v) is 6.51. The molecular formula is C12H16BrF3N2O. The lowest BCUT2D eigenvalue weighted by Crippen LogP contribution is -2.37. The molecule has 0 aliphatic rings. The molecule has 0 saturated carbocycles. The number of alkyl halides is 3. The van der Waals surface area contributed by atoms with Gasteiger partial charge in [0.25, 0.3) is 0 Å². The molecule has 7 heteroatoms. The Balaban J connectivity index is 3.16. The fourth-order valence-corrected chi connectivity index (χ4v) is 2.15. The van der Waals surface area contributed by atoms with Crippen LogP contribution in [0.4, 0.5) is 18.9 Å². The predicted octanol–water partition coefficient (Wildman–Crippen LogP) is 2.83. The molecule has 1 aromatic carbocycles. The summed E-state index contributed by atoms with van der Waals surface area (Å²) >= 11 is 3.23. The van der Waals surface area contributed by atoms with E-state index in [0.29, 0.717) is 15.7 Å². The number of aliphatic hydroxyl groups excluding tert-OH is 1. The summed E-state index contributed by atoms with van der Waals surface area (Å²) in [5, 5.41) is 8.94. The molecule has 0 aliphatic carbocycles. The Labute approximate surface area is 118 Å². The van der Waals surface area contributed by atoms with Crippen molar-refractivity contribution >= 4 is 21.6 Å². The van der Waals surface area contributed by atoms with Crippen LogP contribution < -0.4 is 10.6 Å². The van der Waals surface area contributed by atoms with Crippen LogP contribution in [0.15, 0.2) is 22.7 Å². The molecule has 19 heavy (non-hydrogen) atoms. The Kier molecular flexibility index (Phi) is 5.64. The van der Waals surface area contributed by atoms with Gasteiger partial charge in [0, 0.05) is 22.7 Å². The molecule has 1 unspecified atom stereocenters. The average molecular weight is 341 g/mol. The zero-order chi connectivity index (χ0) is 14.6. The van der Waals surface area contributed by atoms with Gasteiger partial charge in [-0.3, -0.25) is 0 Å². The van der Waals surface area contributed by atoms with Gasteiger partial charge in [0.05, 0.1) is 6.61 Å². The van der Waals surface area contributed by atoms with E-state index in [1.165, 1.54) is 0 Å². The van der Waals surface area contributed by atoms with Crippen LogP contribution in [-0.4, -0.2) is 31.0 Å². The molecule has 108 valence electrons. The van der Waals surface area contributed by atoms with Gasteiger partial charge in [0.15, 0.2) is 0 Å². The van der Waals surface area contributed by atoms with E-state index in [4.69, 9.17) is 10.8 Å². The minimum atomic E-state index is -4.34. The Morgan fingerprint density at radius 3 is 2.53 bits per heavy atom. The van der Waals surface area contributed by atoms with Crippen LogP contribution in [0.3, 0.4) is 0 Å². The van der Waals surface area contributed by atoms with E-state index < -0.39 is 18.8 Å². The first kappa shape index (κ1) is 16.3. The van der Waals surface area contributed by atoms with Gasteiger partial charge in [0.1, 0.15) is 6.54 Å². The third kappa shape index (κ3) is 5.00. The van der Waals surface area contributed by atoms with Crippen molar-refractivity contribution < 1.29 is 18.3 Å². The van der Waals surface area contributed by atoms with Gasteiger partial charge >= 0.3 is 6.18 Å². The average Bonchev–Trinajstić information content (AvgIpc) is 2.26. The summed E-state index contributed by atoms with van der Waals surface area (Å²) < 4.78 is 38.4. The van der Waals surface area contributed by atoms with E-state index in [1.807, 2.05) is 0 Å². The van der Waals surface area contributed by atoms with E-state index in [1.54, 1.807) is 25.1 Å². The van der Waals surface area contributed by atoms with Gasteiger partial charge in [-0.05, 0) is 24.6 Å². The Morgan fingerprint density at radius 2 is 2.05 bits per heavy atom. The Morgan fingerprint density at radius 1 is 1.42 bits per heavy atom. The molecule has 0 aliphatic heterocycles. The quantitative estimate of drug-likeness (QED) is 0.866. The highest BCUT2D eigenvalue weighted by molar-refractivity contribution is 9.10. The molecular weight excluding hydrogens is 325 g/mol. The molecule has 3 nitrogen and oxygen atoms in total. The van der Waals surface area contributed by atoms with E-state index in [-0.39, 0.29) is 13.2 Å². The number of aliphatic hydroxyl groups is 1. The third-order valence-electron chi connectivity index (χ3n) is 2.56. The number of anilines is 1. The second kappa shape index (κ2) is 6.58. The van der Waals surface area contributed by atoms with Crippen LogP contribution in [0.5, 0.6) is 0 Å². The first-order chi connectivity index (χ1) is 8.74. The second-order valence-corrected chi connectivity index (χ2v) is 5.17. The molecule has 1 atom stereocenters. The van der Waals surface area contributed by atoms with Crippen LogP contribution in [0.2, 0.25) is 0 Å². The van der Waals surface area contributed by atoms with Crippen LogP contribution in [0.25, 0.3) is 0 Å². The second-order valence-electron chi connectivity index (χ2n) is 4.25. The number of benzene rings is 1. The van der Waals surface area contributed by atoms with Crippen molar-refractivity contribution in [2.24, 2.45) is 5.73 Å². The molecule has 0 radical (unpaired) electrons. The van der Waals surface area contributed by atoms with Crippen molar-refractivity contribution in [2.45, 2.75) is 19.1 Å². The fraction of sp³-hybridized carbons (Fsp3) is 0.500. The summed E-state index contributed by atoms with van der Waals surface area (Å²) in [6, 6.07) is 4.61. The maximum Gasteiger partial charge on any atom is 0.405 e. The largest absolute Gasteiger partial charge is 0.405 e. The van der Waals surface area contributed by atoms with Gasteiger partial charge < -0.3 is 15.7 Å². The predicted molar refractivity (Wildman–Crippen MR) is 72.1 cm³/mol. The SMILES string of the molecule is CC(N)c1ccc(Br)cc1N(CCO)CC(F)(F)F. The zero-order valence-electron chi connectivity index (χ0n) is 10.4. The Hall–Kier alpha value is -0.790. The van der Waals surface area contributed by atoms with Crippen LogP contribution in [0.1, 0.15) is 18.5 Å². The molecule has 0 saturated heterocycles. The van der Waals surface area contributed by atoms with E-state index in [0.717, 1.165) is 4.90 Å². The van der Waals surface area contributed by atoms with Crippen molar-refractivity contribution in [3.63, 3.8) is 0 Å². The first-order valence-electron chi connectivity index (χ1n) is 5.72. The van der Waals surface area contributed by atoms with Crippen molar-refractivity contribution in [2.75, 3.05) is 24.6 Å². The molecule has 1 aromatic rings. The van der Waals surface area contributed by atoms with E-state index in [2.05, 4.69) is 15.9 Å². The van der Waals surface area contributed by atoms with Gasteiger partial charge in [0.2, 0.25) is 0 Å². The monoisotopic (exact) mass is 340 g/mol. The standard InChI is InChI=1S/C12H16BrF3N2O/c1-8(17)10-3-2-9(13)6-11(10)18(4-5-19)7-12(14,15)16/h2-3,6,8,19H,4-5,7,17H2,1H3.